The maximum atomic E-state index is 13.7. The number of carbonyl (C=O) groups excluding carboxylic acids is 2. The summed E-state index contributed by atoms with van der Waals surface area (Å²) in [5, 5.41) is 0. The summed E-state index contributed by atoms with van der Waals surface area (Å²) in [7, 11) is 0. The lowest BCUT2D eigenvalue weighted by Gasteiger charge is -2.22. The van der Waals surface area contributed by atoms with Crippen LogP contribution in [0.4, 0.5) is 0 Å². The molecular formula is C31H30N2O7S. The topological polar surface area (TPSA) is 113 Å². The number of rotatable bonds is 9. The van der Waals surface area contributed by atoms with E-state index >= 15 is 0 Å². The van der Waals surface area contributed by atoms with E-state index in [1.165, 1.54) is 15.9 Å². The van der Waals surface area contributed by atoms with Crippen molar-refractivity contribution >= 4 is 29.4 Å². The predicted molar refractivity (Wildman–Crippen MR) is 153 cm³/mol. The molecule has 1 aromatic carbocycles. The molecule has 0 fully saturated rings. The number of aryl methyl sites for hydroxylation is 1. The molecular weight excluding hydrogens is 544 g/mol. The summed E-state index contributed by atoms with van der Waals surface area (Å²) >= 11 is 1.20. The van der Waals surface area contributed by atoms with E-state index in [2.05, 4.69) is 4.99 Å². The van der Waals surface area contributed by atoms with Crippen LogP contribution in [0.25, 0.3) is 17.4 Å². The van der Waals surface area contributed by atoms with E-state index in [4.69, 9.17) is 18.3 Å². The van der Waals surface area contributed by atoms with E-state index in [-0.39, 0.29) is 23.7 Å². The van der Waals surface area contributed by atoms with E-state index in [0.717, 1.165) is 18.4 Å². The zero-order valence-corrected chi connectivity index (χ0v) is 24.1. The number of allylic oxidation sites excluding steroid dienone is 1. The largest absolute Gasteiger partial charge is 0.464 e. The van der Waals surface area contributed by atoms with Gasteiger partial charge in [0.05, 0.1) is 34.6 Å². The molecule has 4 heterocycles. The fraction of sp³-hybridized carbons (Fsp3) is 0.290. The first-order valence-electron chi connectivity index (χ1n) is 13.4. The van der Waals surface area contributed by atoms with Crippen LogP contribution in [0.5, 0.6) is 0 Å². The van der Waals surface area contributed by atoms with Gasteiger partial charge in [0.25, 0.3) is 5.56 Å². The standard InChI is InChI=1S/C31H30N2O7S/c1-5-7-16-38-29(35)21-11-9-20(10-12-21)23-15-13-22(40-23)17-25-28(34)33-27(24-14-8-18(3)39-24)26(30(36)37-6-2)19(4)32-31(33)41-25/h8-15,17,27H,5-7,16H2,1-4H3/b25-17-/t27-/m0/s1. The number of fused-ring (bicyclic) bond motifs is 1. The minimum Gasteiger partial charge on any atom is -0.464 e. The Kier molecular flexibility index (Phi) is 8.21. The van der Waals surface area contributed by atoms with Crippen LogP contribution in [0.2, 0.25) is 0 Å². The Hall–Kier alpha value is -4.44. The lowest BCUT2D eigenvalue weighted by Crippen LogP contribution is -2.39. The molecule has 41 heavy (non-hydrogen) atoms. The molecule has 5 rings (SSSR count). The van der Waals surface area contributed by atoms with Crippen LogP contribution in [-0.2, 0) is 14.3 Å². The number of carbonyl (C=O) groups is 2. The summed E-state index contributed by atoms with van der Waals surface area (Å²) in [6, 6.07) is 13.3. The number of hydrogen-bond donors (Lipinski definition) is 0. The quantitative estimate of drug-likeness (QED) is 0.206. The van der Waals surface area contributed by atoms with Crippen LogP contribution in [-0.4, -0.2) is 29.7 Å². The van der Waals surface area contributed by atoms with E-state index in [9.17, 15) is 14.4 Å². The Morgan fingerprint density at radius 3 is 2.46 bits per heavy atom. The molecule has 212 valence electrons. The normalized spacial score (nSPS) is 15.0. The molecule has 1 atom stereocenters. The lowest BCUT2D eigenvalue weighted by molar-refractivity contribution is -0.139. The highest BCUT2D eigenvalue weighted by molar-refractivity contribution is 7.07. The van der Waals surface area contributed by atoms with Gasteiger partial charge in [-0.05, 0) is 63.6 Å². The van der Waals surface area contributed by atoms with Crippen LogP contribution < -0.4 is 14.9 Å². The highest BCUT2D eigenvalue weighted by Crippen LogP contribution is 2.31. The van der Waals surface area contributed by atoms with E-state index in [1.807, 2.05) is 6.92 Å². The summed E-state index contributed by atoms with van der Waals surface area (Å²) in [5.41, 5.74) is 1.65. The second-order valence-electron chi connectivity index (χ2n) is 9.52. The molecule has 0 spiro atoms. The average Bonchev–Trinajstić information content (AvgIpc) is 3.68. The van der Waals surface area contributed by atoms with Crippen molar-refractivity contribution in [3.8, 4) is 11.3 Å². The van der Waals surface area contributed by atoms with Crippen molar-refractivity contribution in [3.05, 3.63) is 102 Å². The van der Waals surface area contributed by atoms with E-state index in [1.54, 1.807) is 75.4 Å². The summed E-state index contributed by atoms with van der Waals surface area (Å²) < 4.78 is 24.3. The summed E-state index contributed by atoms with van der Waals surface area (Å²) in [6.45, 7) is 7.88. The molecule has 4 aromatic rings. The number of esters is 2. The van der Waals surface area contributed by atoms with Gasteiger partial charge in [-0.15, -0.1) is 0 Å². The van der Waals surface area contributed by atoms with Gasteiger partial charge in [-0.25, -0.2) is 14.6 Å². The van der Waals surface area contributed by atoms with Gasteiger partial charge in [0, 0.05) is 11.6 Å². The molecule has 0 bridgehead atoms. The average molecular weight is 575 g/mol. The number of thiazole rings is 1. The minimum atomic E-state index is -0.805. The second kappa shape index (κ2) is 12.0. The Labute approximate surface area is 240 Å². The number of furan rings is 2. The molecule has 10 heteroatoms. The number of benzene rings is 1. The van der Waals surface area contributed by atoms with Crippen LogP contribution in [0.15, 0.2) is 78.4 Å². The zero-order chi connectivity index (χ0) is 29.1. The van der Waals surface area contributed by atoms with Crippen LogP contribution in [0.3, 0.4) is 0 Å². The number of unbranched alkanes of at least 4 members (excludes halogenated alkanes) is 1. The Morgan fingerprint density at radius 1 is 1.00 bits per heavy atom. The molecule has 0 aliphatic carbocycles. The molecule has 9 nitrogen and oxygen atoms in total. The maximum Gasteiger partial charge on any atom is 0.338 e. The van der Waals surface area contributed by atoms with E-state index in [0.29, 0.717) is 50.2 Å². The third kappa shape index (κ3) is 5.74. The summed E-state index contributed by atoms with van der Waals surface area (Å²) in [5.74, 6) is 1.26. The summed E-state index contributed by atoms with van der Waals surface area (Å²) in [6.07, 6.45) is 3.43. The van der Waals surface area contributed by atoms with Crippen molar-refractivity contribution in [2.75, 3.05) is 13.2 Å². The Bertz CT molecular complexity index is 1800. The van der Waals surface area contributed by atoms with E-state index < -0.39 is 12.0 Å². The number of aromatic nitrogens is 1. The fourth-order valence-corrected chi connectivity index (χ4v) is 5.57. The fourth-order valence-electron chi connectivity index (χ4n) is 4.54. The molecule has 1 aliphatic rings. The predicted octanol–water partition coefficient (Wildman–Crippen LogP) is 4.92. The minimum absolute atomic E-state index is 0.191. The van der Waals surface area contributed by atoms with Gasteiger partial charge in [-0.2, -0.15) is 0 Å². The molecule has 0 N–H and O–H groups in total. The third-order valence-corrected chi connectivity index (χ3v) is 7.57. The van der Waals surface area contributed by atoms with Crippen molar-refractivity contribution in [2.45, 2.75) is 46.6 Å². The van der Waals surface area contributed by atoms with Crippen LogP contribution in [0, 0.1) is 6.92 Å². The number of hydrogen-bond acceptors (Lipinski definition) is 9. The molecule has 0 saturated carbocycles. The first-order valence-corrected chi connectivity index (χ1v) is 14.3. The first-order chi connectivity index (χ1) is 19.8. The van der Waals surface area contributed by atoms with Crippen LogP contribution in [0.1, 0.15) is 67.3 Å². The van der Waals surface area contributed by atoms with Crippen molar-refractivity contribution in [2.24, 2.45) is 4.99 Å². The van der Waals surface area contributed by atoms with Crippen LogP contribution >= 0.6 is 11.3 Å². The monoisotopic (exact) mass is 574 g/mol. The van der Waals surface area contributed by atoms with Gasteiger partial charge in [-0.1, -0.05) is 36.8 Å². The highest BCUT2D eigenvalue weighted by Gasteiger charge is 2.35. The number of nitrogens with zero attached hydrogens (tertiary/aromatic N) is 2. The smallest absolute Gasteiger partial charge is 0.338 e. The van der Waals surface area contributed by atoms with Crippen molar-refractivity contribution in [1.82, 2.24) is 4.57 Å². The van der Waals surface area contributed by atoms with Crippen molar-refractivity contribution in [3.63, 3.8) is 0 Å². The highest BCUT2D eigenvalue weighted by atomic mass is 32.1. The van der Waals surface area contributed by atoms with Gasteiger partial charge < -0.3 is 18.3 Å². The zero-order valence-electron chi connectivity index (χ0n) is 23.3. The lowest BCUT2D eigenvalue weighted by atomic mass is 10.0. The van der Waals surface area contributed by atoms with Gasteiger partial charge in [-0.3, -0.25) is 9.36 Å². The Balaban J connectivity index is 1.47. The Morgan fingerprint density at radius 2 is 1.78 bits per heavy atom. The van der Waals surface area contributed by atoms with Crippen molar-refractivity contribution < 1.29 is 27.9 Å². The molecule has 0 saturated heterocycles. The van der Waals surface area contributed by atoms with Gasteiger partial charge in [0.1, 0.15) is 29.1 Å². The second-order valence-corrected chi connectivity index (χ2v) is 10.5. The van der Waals surface area contributed by atoms with Crippen molar-refractivity contribution in [1.29, 1.82) is 0 Å². The maximum absolute atomic E-state index is 13.7. The first kappa shape index (κ1) is 28.1. The van der Waals surface area contributed by atoms with Gasteiger partial charge in [0.2, 0.25) is 0 Å². The van der Waals surface area contributed by atoms with Gasteiger partial charge in [0.15, 0.2) is 4.80 Å². The number of ether oxygens (including phenoxy) is 2. The molecule has 1 aliphatic heterocycles. The van der Waals surface area contributed by atoms with Gasteiger partial charge >= 0.3 is 11.9 Å². The molecule has 3 aromatic heterocycles. The molecule has 0 amide bonds. The summed E-state index contributed by atoms with van der Waals surface area (Å²) in [4.78, 5) is 43.8. The molecule has 0 radical (unpaired) electrons. The molecule has 0 unspecified atom stereocenters. The SMILES string of the molecule is CCCCOC(=O)c1ccc(-c2ccc(/C=c3\sc4n(c3=O)[C@@H](c3ccc(C)o3)C(C(=O)OCC)=C(C)N=4)o2)cc1. The third-order valence-electron chi connectivity index (χ3n) is 6.58.